The molecule has 3 heterocycles. The zero-order valence-corrected chi connectivity index (χ0v) is 17.0. The van der Waals surface area contributed by atoms with Crippen molar-refractivity contribution in [3.05, 3.63) is 64.5 Å². The second kappa shape index (κ2) is 8.12. The van der Waals surface area contributed by atoms with Gasteiger partial charge in [-0.2, -0.15) is 0 Å². The van der Waals surface area contributed by atoms with Gasteiger partial charge in [-0.1, -0.05) is 11.8 Å². The quantitative estimate of drug-likeness (QED) is 0.417. The number of aryl methyl sites for hydroxylation is 1. The number of aromatic nitrogens is 4. The number of thiazole rings is 1. The molecule has 0 unspecified atom stereocenters. The highest BCUT2D eigenvalue weighted by atomic mass is 32.2. The van der Waals surface area contributed by atoms with Gasteiger partial charge >= 0.3 is 0 Å². The second-order valence-corrected chi connectivity index (χ2v) is 8.22. The number of hydrogen-bond acceptors (Lipinski definition) is 6. The summed E-state index contributed by atoms with van der Waals surface area (Å²) < 4.78 is 13.3. The number of anilines is 1. The maximum atomic E-state index is 13.3. The van der Waals surface area contributed by atoms with Crippen LogP contribution in [0.5, 0.6) is 0 Å². The van der Waals surface area contributed by atoms with Crippen LogP contribution in [0.3, 0.4) is 0 Å². The second-order valence-electron chi connectivity index (χ2n) is 6.11. The molecule has 0 saturated heterocycles. The first kappa shape index (κ1) is 18.6. The maximum Gasteiger partial charge on any atom is 0.166 e. The number of nitrogens with one attached hydrogen (secondary N) is 2. The van der Waals surface area contributed by atoms with E-state index in [1.807, 2.05) is 31.5 Å². The van der Waals surface area contributed by atoms with Crippen LogP contribution in [0.1, 0.15) is 9.88 Å². The van der Waals surface area contributed by atoms with Gasteiger partial charge < -0.3 is 10.3 Å². The minimum Gasteiger partial charge on any atom is -0.365 e. The van der Waals surface area contributed by atoms with E-state index in [9.17, 15) is 4.39 Å². The predicted octanol–water partition coefficient (Wildman–Crippen LogP) is 5.38. The lowest BCUT2D eigenvalue weighted by atomic mass is 10.1. The van der Waals surface area contributed by atoms with Gasteiger partial charge in [-0.3, -0.25) is 0 Å². The molecule has 0 radical (unpaired) electrons. The fourth-order valence-electron chi connectivity index (χ4n) is 2.82. The zero-order valence-electron chi connectivity index (χ0n) is 15.4. The Balaban J connectivity index is 1.65. The van der Waals surface area contributed by atoms with Gasteiger partial charge in [-0.15, -0.1) is 11.3 Å². The highest BCUT2D eigenvalue weighted by Crippen LogP contribution is 2.33. The number of H-pyrrole nitrogens is 1. The SMILES string of the molecule is CSc1nc(-c2ccnc(NCc3cnc(C)s3)c2)c(-c2ccc(F)cc2)[nH]1. The summed E-state index contributed by atoms with van der Waals surface area (Å²) in [7, 11) is 0. The van der Waals surface area contributed by atoms with Crippen molar-refractivity contribution in [3.8, 4) is 22.5 Å². The Morgan fingerprint density at radius 3 is 2.68 bits per heavy atom. The molecular formula is C20H18FN5S2. The molecule has 1 aromatic carbocycles. The van der Waals surface area contributed by atoms with Crippen molar-refractivity contribution in [2.75, 3.05) is 11.6 Å². The van der Waals surface area contributed by atoms with E-state index in [-0.39, 0.29) is 5.82 Å². The molecule has 28 heavy (non-hydrogen) atoms. The number of halogens is 1. The molecule has 0 aliphatic carbocycles. The van der Waals surface area contributed by atoms with Crippen molar-refractivity contribution in [1.82, 2.24) is 19.9 Å². The Morgan fingerprint density at radius 2 is 1.96 bits per heavy atom. The van der Waals surface area contributed by atoms with Crippen LogP contribution in [0.4, 0.5) is 10.2 Å². The molecule has 0 saturated carbocycles. The van der Waals surface area contributed by atoms with Gasteiger partial charge in [-0.25, -0.2) is 19.3 Å². The molecule has 0 fully saturated rings. The molecule has 2 N–H and O–H groups in total. The number of thioether (sulfide) groups is 1. The minimum atomic E-state index is -0.261. The summed E-state index contributed by atoms with van der Waals surface area (Å²) in [4.78, 5) is 17.9. The van der Waals surface area contributed by atoms with E-state index in [0.29, 0.717) is 6.54 Å². The predicted molar refractivity (Wildman–Crippen MR) is 113 cm³/mol. The summed E-state index contributed by atoms with van der Waals surface area (Å²) in [5.74, 6) is 0.505. The number of hydrogen-bond donors (Lipinski definition) is 2. The largest absolute Gasteiger partial charge is 0.365 e. The lowest BCUT2D eigenvalue weighted by Crippen LogP contribution is -1.99. The molecule has 0 bridgehead atoms. The first-order valence-corrected chi connectivity index (χ1v) is 10.7. The zero-order chi connectivity index (χ0) is 19.5. The van der Waals surface area contributed by atoms with Crippen LogP contribution in [-0.2, 0) is 6.54 Å². The summed E-state index contributed by atoms with van der Waals surface area (Å²) >= 11 is 3.20. The average Bonchev–Trinajstić information content (AvgIpc) is 3.33. The van der Waals surface area contributed by atoms with Gasteiger partial charge in [-0.05, 0) is 49.6 Å². The molecule has 3 aromatic heterocycles. The van der Waals surface area contributed by atoms with Crippen LogP contribution >= 0.6 is 23.1 Å². The number of rotatable bonds is 6. The number of aromatic amines is 1. The van der Waals surface area contributed by atoms with E-state index in [1.165, 1.54) is 23.9 Å². The summed E-state index contributed by atoms with van der Waals surface area (Å²) in [6.07, 6.45) is 5.60. The molecule has 5 nitrogen and oxygen atoms in total. The van der Waals surface area contributed by atoms with Crippen LogP contribution in [0.25, 0.3) is 22.5 Å². The maximum absolute atomic E-state index is 13.3. The van der Waals surface area contributed by atoms with Crippen LogP contribution < -0.4 is 5.32 Å². The van der Waals surface area contributed by atoms with E-state index in [1.54, 1.807) is 29.7 Å². The molecule has 0 amide bonds. The van der Waals surface area contributed by atoms with E-state index in [0.717, 1.165) is 43.4 Å². The molecule has 0 spiro atoms. The number of nitrogens with zero attached hydrogens (tertiary/aromatic N) is 3. The molecular weight excluding hydrogens is 393 g/mol. The van der Waals surface area contributed by atoms with E-state index < -0.39 is 0 Å². The molecule has 0 atom stereocenters. The van der Waals surface area contributed by atoms with Gasteiger partial charge in [0.2, 0.25) is 0 Å². The Morgan fingerprint density at radius 1 is 1.14 bits per heavy atom. The smallest absolute Gasteiger partial charge is 0.166 e. The first-order chi connectivity index (χ1) is 13.6. The third kappa shape index (κ3) is 4.07. The van der Waals surface area contributed by atoms with Crippen molar-refractivity contribution < 1.29 is 4.39 Å². The van der Waals surface area contributed by atoms with Crippen LogP contribution in [-0.4, -0.2) is 26.2 Å². The summed E-state index contributed by atoms with van der Waals surface area (Å²) in [5.41, 5.74) is 3.50. The number of pyridine rings is 1. The number of benzene rings is 1. The topological polar surface area (TPSA) is 66.5 Å². The van der Waals surface area contributed by atoms with E-state index in [4.69, 9.17) is 4.98 Å². The number of imidazole rings is 1. The Hall–Kier alpha value is -2.71. The van der Waals surface area contributed by atoms with Crippen LogP contribution in [0.15, 0.2) is 53.9 Å². The van der Waals surface area contributed by atoms with Crippen LogP contribution in [0.2, 0.25) is 0 Å². The summed E-state index contributed by atoms with van der Waals surface area (Å²) in [5, 5.41) is 5.19. The molecule has 142 valence electrons. The van der Waals surface area contributed by atoms with Crippen LogP contribution in [0, 0.1) is 12.7 Å². The van der Waals surface area contributed by atoms with Gasteiger partial charge in [0.05, 0.1) is 22.9 Å². The van der Waals surface area contributed by atoms with Crippen molar-refractivity contribution in [1.29, 1.82) is 0 Å². The summed E-state index contributed by atoms with van der Waals surface area (Å²) in [6.45, 7) is 2.66. The molecule has 4 aromatic rings. The van der Waals surface area contributed by atoms with Gasteiger partial charge in [0, 0.05) is 28.4 Å². The summed E-state index contributed by atoms with van der Waals surface area (Å²) in [6, 6.07) is 10.3. The fraction of sp³-hybridized carbons (Fsp3) is 0.150. The molecule has 0 aliphatic rings. The van der Waals surface area contributed by atoms with E-state index >= 15 is 0 Å². The third-order valence-electron chi connectivity index (χ3n) is 4.15. The monoisotopic (exact) mass is 411 g/mol. The molecule has 0 aliphatic heterocycles. The van der Waals surface area contributed by atoms with Crippen molar-refractivity contribution in [2.45, 2.75) is 18.6 Å². The average molecular weight is 412 g/mol. The van der Waals surface area contributed by atoms with Crippen molar-refractivity contribution >= 4 is 28.9 Å². The van der Waals surface area contributed by atoms with Crippen molar-refractivity contribution in [2.24, 2.45) is 0 Å². The highest BCUT2D eigenvalue weighted by molar-refractivity contribution is 7.98. The standard InChI is InChI=1S/C20H18FN5S2/c1-12-23-10-16(28-12)11-24-17-9-14(7-8-22-17)19-18(25-20(26-19)27-2)13-3-5-15(21)6-4-13/h3-10H,11H2,1-2H3,(H,22,24)(H,25,26). The van der Waals surface area contributed by atoms with Gasteiger partial charge in [0.25, 0.3) is 0 Å². The van der Waals surface area contributed by atoms with E-state index in [2.05, 4.69) is 20.3 Å². The Bertz CT molecular complexity index is 1090. The van der Waals surface area contributed by atoms with Gasteiger partial charge in [0.15, 0.2) is 5.16 Å². The van der Waals surface area contributed by atoms with Gasteiger partial charge in [0.1, 0.15) is 11.6 Å². The molecule has 4 rings (SSSR count). The highest BCUT2D eigenvalue weighted by Gasteiger charge is 2.15. The molecule has 8 heteroatoms. The Labute approximate surface area is 170 Å². The third-order valence-corrected chi connectivity index (χ3v) is 5.65. The lowest BCUT2D eigenvalue weighted by molar-refractivity contribution is 0.628. The lowest BCUT2D eigenvalue weighted by Gasteiger charge is -2.07. The Kier molecular flexibility index (Phi) is 5.40. The van der Waals surface area contributed by atoms with Crippen molar-refractivity contribution in [3.63, 3.8) is 0 Å². The minimum absolute atomic E-state index is 0.261. The fourth-order valence-corrected chi connectivity index (χ4v) is 3.94. The first-order valence-electron chi connectivity index (χ1n) is 8.64. The normalized spacial score (nSPS) is 11.0.